The summed E-state index contributed by atoms with van der Waals surface area (Å²) in [7, 11) is 0. The Morgan fingerprint density at radius 1 is 1.36 bits per heavy atom. The van der Waals surface area contributed by atoms with E-state index in [1.54, 1.807) is 12.1 Å². The fraction of sp³-hybridized carbons (Fsp3) is 0.250. The molecule has 0 unspecified atom stereocenters. The number of hydrogen-bond acceptors (Lipinski definition) is 2. The Bertz CT molecular complexity index is 327. The lowest BCUT2D eigenvalue weighted by Gasteiger charge is -2.10. The maximum Gasteiger partial charge on any atom is 0.573 e. The van der Waals surface area contributed by atoms with Crippen molar-refractivity contribution in [2.75, 3.05) is 6.26 Å². The highest BCUT2D eigenvalue weighted by atomic mass is 79.9. The molecule has 0 fully saturated rings. The normalized spacial score (nSPS) is 11.5. The van der Waals surface area contributed by atoms with Crippen LogP contribution >= 0.6 is 27.7 Å². The second-order valence-corrected chi connectivity index (χ2v) is 4.08. The molecular formula is C8H6BrF3OS. The minimum Gasteiger partial charge on any atom is -0.405 e. The van der Waals surface area contributed by atoms with Crippen molar-refractivity contribution in [1.82, 2.24) is 0 Å². The maximum atomic E-state index is 11.9. The zero-order valence-electron chi connectivity index (χ0n) is 7.06. The van der Waals surface area contributed by atoms with Gasteiger partial charge in [-0.1, -0.05) is 0 Å². The summed E-state index contributed by atoms with van der Waals surface area (Å²) in [5.74, 6) is -0.227. The monoisotopic (exact) mass is 286 g/mol. The molecule has 78 valence electrons. The van der Waals surface area contributed by atoms with Crippen molar-refractivity contribution < 1.29 is 17.9 Å². The van der Waals surface area contributed by atoms with Crippen molar-refractivity contribution in [3.8, 4) is 5.75 Å². The zero-order valence-corrected chi connectivity index (χ0v) is 9.46. The van der Waals surface area contributed by atoms with E-state index in [0.717, 1.165) is 4.90 Å². The number of halogens is 4. The van der Waals surface area contributed by atoms with E-state index in [9.17, 15) is 13.2 Å². The first-order valence-corrected chi connectivity index (χ1v) is 5.53. The number of ether oxygens (including phenoxy) is 1. The van der Waals surface area contributed by atoms with E-state index in [-0.39, 0.29) is 5.75 Å². The molecular weight excluding hydrogens is 281 g/mol. The van der Waals surface area contributed by atoms with E-state index >= 15 is 0 Å². The van der Waals surface area contributed by atoms with Crippen molar-refractivity contribution >= 4 is 27.7 Å². The summed E-state index contributed by atoms with van der Waals surface area (Å²) >= 11 is 4.45. The minimum absolute atomic E-state index is 0.227. The molecule has 0 radical (unpaired) electrons. The van der Waals surface area contributed by atoms with Crippen LogP contribution < -0.4 is 4.74 Å². The van der Waals surface area contributed by atoms with Crippen LogP contribution in [0.1, 0.15) is 0 Å². The molecule has 1 aromatic carbocycles. The van der Waals surface area contributed by atoms with Crippen LogP contribution in [0.4, 0.5) is 13.2 Å². The second-order valence-electron chi connectivity index (χ2n) is 2.34. The quantitative estimate of drug-likeness (QED) is 0.758. The molecule has 0 aliphatic heterocycles. The van der Waals surface area contributed by atoms with Gasteiger partial charge in [-0.3, -0.25) is 0 Å². The lowest BCUT2D eigenvalue weighted by Crippen LogP contribution is -2.17. The van der Waals surface area contributed by atoms with E-state index < -0.39 is 6.36 Å². The molecule has 0 heterocycles. The van der Waals surface area contributed by atoms with Crippen LogP contribution in [-0.2, 0) is 0 Å². The molecule has 6 heteroatoms. The van der Waals surface area contributed by atoms with Crippen molar-refractivity contribution in [3.63, 3.8) is 0 Å². The van der Waals surface area contributed by atoms with Gasteiger partial charge in [0, 0.05) is 4.90 Å². The van der Waals surface area contributed by atoms with Gasteiger partial charge in [0.1, 0.15) is 5.75 Å². The van der Waals surface area contributed by atoms with Crippen LogP contribution in [0.3, 0.4) is 0 Å². The first-order valence-electron chi connectivity index (χ1n) is 3.51. The van der Waals surface area contributed by atoms with Gasteiger partial charge in [0.2, 0.25) is 0 Å². The Labute approximate surface area is 91.8 Å². The number of alkyl halides is 3. The van der Waals surface area contributed by atoms with Crippen LogP contribution in [0.25, 0.3) is 0 Å². The van der Waals surface area contributed by atoms with Crippen LogP contribution in [0, 0.1) is 0 Å². The molecule has 0 spiro atoms. The summed E-state index contributed by atoms with van der Waals surface area (Å²) in [6.45, 7) is 0. The topological polar surface area (TPSA) is 9.23 Å². The standard InChI is InChI=1S/C8H6BrF3OS/c1-14-5-2-3-7(6(9)4-5)13-8(10,11)12/h2-4H,1H3. The van der Waals surface area contributed by atoms with Crippen molar-refractivity contribution in [1.29, 1.82) is 0 Å². The van der Waals surface area contributed by atoms with Crippen molar-refractivity contribution in [2.45, 2.75) is 11.3 Å². The van der Waals surface area contributed by atoms with E-state index in [2.05, 4.69) is 20.7 Å². The average Bonchev–Trinajstić information content (AvgIpc) is 2.06. The fourth-order valence-electron chi connectivity index (χ4n) is 0.816. The van der Waals surface area contributed by atoms with Gasteiger partial charge >= 0.3 is 6.36 Å². The third kappa shape index (κ3) is 3.42. The highest BCUT2D eigenvalue weighted by molar-refractivity contribution is 9.10. The molecule has 0 aliphatic rings. The Hall–Kier alpha value is -0.360. The Balaban J connectivity index is 2.89. The maximum absolute atomic E-state index is 11.9. The third-order valence-electron chi connectivity index (χ3n) is 1.36. The van der Waals surface area contributed by atoms with Crippen molar-refractivity contribution in [3.05, 3.63) is 22.7 Å². The van der Waals surface area contributed by atoms with E-state index in [1.807, 2.05) is 6.26 Å². The molecule has 1 rings (SSSR count). The van der Waals surface area contributed by atoms with E-state index in [4.69, 9.17) is 0 Å². The van der Waals surface area contributed by atoms with Gasteiger partial charge in [-0.2, -0.15) is 0 Å². The summed E-state index contributed by atoms with van der Waals surface area (Å²) < 4.78 is 39.6. The van der Waals surface area contributed by atoms with Gasteiger partial charge in [-0.25, -0.2) is 0 Å². The molecule has 0 bridgehead atoms. The van der Waals surface area contributed by atoms with Crippen LogP contribution in [0.2, 0.25) is 0 Å². The van der Waals surface area contributed by atoms with Gasteiger partial charge < -0.3 is 4.74 Å². The highest BCUT2D eigenvalue weighted by Gasteiger charge is 2.31. The molecule has 0 amide bonds. The number of benzene rings is 1. The number of hydrogen-bond donors (Lipinski definition) is 0. The van der Waals surface area contributed by atoms with E-state index in [0.29, 0.717) is 4.47 Å². The molecule has 0 aromatic heterocycles. The van der Waals surface area contributed by atoms with E-state index in [1.165, 1.54) is 17.8 Å². The number of rotatable bonds is 2. The first-order chi connectivity index (χ1) is 6.42. The Morgan fingerprint density at radius 3 is 2.43 bits per heavy atom. The average molecular weight is 287 g/mol. The molecule has 14 heavy (non-hydrogen) atoms. The van der Waals surface area contributed by atoms with Crippen LogP contribution in [0.15, 0.2) is 27.6 Å². The summed E-state index contributed by atoms with van der Waals surface area (Å²) in [5.41, 5.74) is 0. The fourth-order valence-corrected chi connectivity index (χ4v) is 1.87. The molecule has 0 atom stereocenters. The van der Waals surface area contributed by atoms with Gasteiger partial charge in [-0.15, -0.1) is 24.9 Å². The largest absolute Gasteiger partial charge is 0.573 e. The second kappa shape index (κ2) is 4.44. The van der Waals surface area contributed by atoms with Gasteiger partial charge in [-0.05, 0) is 40.4 Å². The van der Waals surface area contributed by atoms with Crippen LogP contribution in [0.5, 0.6) is 5.75 Å². The number of thioether (sulfide) groups is 1. The van der Waals surface area contributed by atoms with Gasteiger partial charge in [0.05, 0.1) is 4.47 Å². The molecule has 0 N–H and O–H groups in total. The molecule has 1 aromatic rings. The lowest BCUT2D eigenvalue weighted by atomic mass is 10.3. The molecule has 0 aliphatic carbocycles. The Kier molecular flexibility index (Phi) is 3.71. The first kappa shape index (κ1) is 11.7. The molecule has 0 saturated heterocycles. The smallest absolute Gasteiger partial charge is 0.405 e. The van der Waals surface area contributed by atoms with Gasteiger partial charge in [0.25, 0.3) is 0 Å². The molecule has 0 saturated carbocycles. The third-order valence-corrected chi connectivity index (χ3v) is 2.71. The zero-order chi connectivity index (χ0) is 10.8. The SMILES string of the molecule is CSc1ccc(OC(F)(F)F)c(Br)c1. The predicted octanol–water partition coefficient (Wildman–Crippen LogP) is 4.07. The molecule has 1 nitrogen and oxygen atoms in total. The Morgan fingerprint density at radius 2 is 2.00 bits per heavy atom. The van der Waals surface area contributed by atoms with Crippen LogP contribution in [-0.4, -0.2) is 12.6 Å². The predicted molar refractivity (Wildman–Crippen MR) is 52.6 cm³/mol. The highest BCUT2D eigenvalue weighted by Crippen LogP contribution is 2.32. The van der Waals surface area contributed by atoms with Gasteiger partial charge in [0.15, 0.2) is 0 Å². The summed E-state index contributed by atoms with van der Waals surface area (Å²) in [6, 6.07) is 4.42. The summed E-state index contributed by atoms with van der Waals surface area (Å²) in [6.07, 6.45) is -2.81. The summed E-state index contributed by atoms with van der Waals surface area (Å²) in [4.78, 5) is 0.867. The van der Waals surface area contributed by atoms with Crippen molar-refractivity contribution in [2.24, 2.45) is 0 Å². The summed E-state index contributed by atoms with van der Waals surface area (Å²) in [5, 5.41) is 0. The lowest BCUT2D eigenvalue weighted by molar-refractivity contribution is -0.274. The minimum atomic E-state index is -4.65.